The third kappa shape index (κ3) is 2.48. The van der Waals surface area contributed by atoms with E-state index in [1.807, 2.05) is 12.3 Å². The van der Waals surface area contributed by atoms with Crippen LogP contribution >= 0.6 is 0 Å². The molecule has 0 saturated carbocycles. The van der Waals surface area contributed by atoms with E-state index in [-0.39, 0.29) is 5.41 Å². The Hall–Kier alpha value is -1.09. The van der Waals surface area contributed by atoms with Gasteiger partial charge in [0.05, 0.1) is 6.04 Å². The Balaban J connectivity index is 2.11. The molecule has 1 aromatic heterocycles. The number of hydrogen-bond acceptors (Lipinski definition) is 3. The zero-order valence-electron chi connectivity index (χ0n) is 9.67. The van der Waals surface area contributed by atoms with Gasteiger partial charge in [-0.1, -0.05) is 20.8 Å². The van der Waals surface area contributed by atoms with Gasteiger partial charge in [-0.3, -0.25) is 4.98 Å². The second kappa shape index (κ2) is 3.81. The van der Waals surface area contributed by atoms with Crippen molar-refractivity contribution in [1.82, 2.24) is 10.3 Å². The van der Waals surface area contributed by atoms with Crippen LogP contribution < -0.4 is 10.6 Å². The second-order valence-corrected chi connectivity index (χ2v) is 5.18. The lowest BCUT2D eigenvalue weighted by Gasteiger charge is -2.29. The molecule has 0 spiro atoms. The van der Waals surface area contributed by atoms with Crippen molar-refractivity contribution in [2.75, 3.05) is 18.4 Å². The predicted molar refractivity (Wildman–Crippen MR) is 63.2 cm³/mol. The van der Waals surface area contributed by atoms with Crippen LogP contribution in [0.1, 0.15) is 26.5 Å². The van der Waals surface area contributed by atoms with E-state index in [2.05, 4.69) is 42.5 Å². The van der Waals surface area contributed by atoms with Gasteiger partial charge in [-0.2, -0.15) is 0 Å². The first kappa shape index (κ1) is 10.4. The van der Waals surface area contributed by atoms with Gasteiger partial charge >= 0.3 is 0 Å². The summed E-state index contributed by atoms with van der Waals surface area (Å²) in [6, 6.07) is 4.77. The molecule has 0 bridgehead atoms. The van der Waals surface area contributed by atoms with Crippen molar-refractivity contribution < 1.29 is 0 Å². The Morgan fingerprint density at radius 1 is 1.40 bits per heavy atom. The van der Waals surface area contributed by atoms with Crippen molar-refractivity contribution in [1.29, 1.82) is 0 Å². The quantitative estimate of drug-likeness (QED) is 0.772. The van der Waals surface area contributed by atoms with Crippen LogP contribution in [-0.4, -0.2) is 24.1 Å². The molecule has 2 heterocycles. The van der Waals surface area contributed by atoms with Crippen LogP contribution in [0.2, 0.25) is 0 Å². The first-order valence-electron chi connectivity index (χ1n) is 5.49. The van der Waals surface area contributed by atoms with Crippen LogP contribution in [0.25, 0.3) is 0 Å². The highest BCUT2D eigenvalue weighted by molar-refractivity contribution is 5.46. The van der Waals surface area contributed by atoms with E-state index in [4.69, 9.17) is 0 Å². The third-order valence-electron chi connectivity index (χ3n) is 2.68. The Kier molecular flexibility index (Phi) is 2.65. The fourth-order valence-electron chi connectivity index (χ4n) is 1.56. The van der Waals surface area contributed by atoms with Gasteiger partial charge < -0.3 is 10.6 Å². The summed E-state index contributed by atoms with van der Waals surface area (Å²) in [7, 11) is 0. The molecule has 1 aliphatic rings. The Morgan fingerprint density at radius 3 is 2.67 bits per heavy atom. The monoisotopic (exact) mass is 205 g/mol. The first-order valence-corrected chi connectivity index (χ1v) is 5.49. The van der Waals surface area contributed by atoms with E-state index in [0.717, 1.165) is 18.8 Å². The van der Waals surface area contributed by atoms with Crippen LogP contribution in [0, 0.1) is 0 Å². The lowest BCUT2D eigenvalue weighted by molar-refractivity contribution is 0.472. The SMILES string of the molecule is CC(C)(C)c1cc(NC2CNC2)ccn1. The molecule has 0 amide bonds. The van der Waals surface area contributed by atoms with Crippen molar-refractivity contribution >= 4 is 5.69 Å². The van der Waals surface area contributed by atoms with Gasteiger partial charge in [0.25, 0.3) is 0 Å². The molecular weight excluding hydrogens is 186 g/mol. The summed E-state index contributed by atoms with van der Waals surface area (Å²) in [4.78, 5) is 4.41. The maximum atomic E-state index is 4.41. The minimum absolute atomic E-state index is 0.121. The highest BCUT2D eigenvalue weighted by atomic mass is 15.1. The maximum absolute atomic E-state index is 4.41. The van der Waals surface area contributed by atoms with Crippen LogP contribution in [0.5, 0.6) is 0 Å². The summed E-state index contributed by atoms with van der Waals surface area (Å²) >= 11 is 0. The van der Waals surface area contributed by atoms with Gasteiger partial charge in [0.15, 0.2) is 0 Å². The van der Waals surface area contributed by atoms with E-state index >= 15 is 0 Å². The molecule has 2 N–H and O–H groups in total. The van der Waals surface area contributed by atoms with Crippen LogP contribution in [-0.2, 0) is 5.41 Å². The first-order chi connectivity index (χ1) is 7.05. The van der Waals surface area contributed by atoms with Gasteiger partial charge in [0.1, 0.15) is 0 Å². The highest BCUT2D eigenvalue weighted by Crippen LogP contribution is 2.22. The average Bonchev–Trinajstić information content (AvgIpc) is 2.11. The number of nitrogens with one attached hydrogen (secondary N) is 2. The molecule has 1 aromatic rings. The Morgan fingerprint density at radius 2 is 2.13 bits per heavy atom. The molecule has 0 aromatic carbocycles. The zero-order chi connectivity index (χ0) is 10.9. The normalized spacial score (nSPS) is 17.3. The smallest absolute Gasteiger partial charge is 0.0510 e. The van der Waals surface area contributed by atoms with E-state index in [1.54, 1.807) is 0 Å². The van der Waals surface area contributed by atoms with Crippen molar-refractivity contribution in [2.45, 2.75) is 32.2 Å². The number of aromatic nitrogens is 1. The van der Waals surface area contributed by atoms with E-state index in [0.29, 0.717) is 6.04 Å². The molecule has 0 aliphatic carbocycles. The van der Waals surface area contributed by atoms with Gasteiger partial charge in [0, 0.05) is 36.1 Å². The molecule has 3 nitrogen and oxygen atoms in total. The zero-order valence-corrected chi connectivity index (χ0v) is 9.67. The number of rotatable bonds is 2. The summed E-state index contributed by atoms with van der Waals surface area (Å²) in [6.45, 7) is 8.68. The molecule has 2 rings (SSSR count). The minimum atomic E-state index is 0.121. The summed E-state index contributed by atoms with van der Waals surface area (Å²) in [5.41, 5.74) is 2.44. The number of pyridine rings is 1. The molecular formula is C12H19N3. The lowest BCUT2D eigenvalue weighted by atomic mass is 9.91. The Labute approximate surface area is 91.3 Å². The van der Waals surface area contributed by atoms with Crippen molar-refractivity contribution in [3.63, 3.8) is 0 Å². The van der Waals surface area contributed by atoms with Crippen LogP contribution in [0.3, 0.4) is 0 Å². The molecule has 1 fully saturated rings. The summed E-state index contributed by atoms with van der Waals surface area (Å²) < 4.78 is 0. The fraction of sp³-hybridized carbons (Fsp3) is 0.583. The van der Waals surface area contributed by atoms with Crippen molar-refractivity contribution in [3.8, 4) is 0 Å². The summed E-state index contributed by atoms with van der Waals surface area (Å²) in [5.74, 6) is 0. The molecule has 1 saturated heterocycles. The summed E-state index contributed by atoms with van der Waals surface area (Å²) in [5, 5.41) is 6.74. The van der Waals surface area contributed by atoms with E-state index in [1.165, 1.54) is 5.69 Å². The molecule has 82 valence electrons. The minimum Gasteiger partial charge on any atom is -0.380 e. The topological polar surface area (TPSA) is 37.0 Å². The van der Waals surface area contributed by atoms with Gasteiger partial charge in [0.2, 0.25) is 0 Å². The molecule has 1 aliphatic heterocycles. The number of anilines is 1. The maximum Gasteiger partial charge on any atom is 0.0510 e. The van der Waals surface area contributed by atoms with Crippen LogP contribution in [0.4, 0.5) is 5.69 Å². The highest BCUT2D eigenvalue weighted by Gasteiger charge is 2.18. The largest absolute Gasteiger partial charge is 0.380 e. The standard InChI is InChI=1S/C12H19N3/c1-12(2,3)11-6-9(4-5-14-11)15-10-7-13-8-10/h4-6,10,13H,7-8H2,1-3H3,(H,14,15). The summed E-state index contributed by atoms with van der Waals surface area (Å²) in [6.07, 6.45) is 1.88. The van der Waals surface area contributed by atoms with E-state index < -0.39 is 0 Å². The van der Waals surface area contributed by atoms with Gasteiger partial charge in [-0.15, -0.1) is 0 Å². The van der Waals surface area contributed by atoms with Crippen molar-refractivity contribution in [3.05, 3.63) is 24.0 Å². The fourth-order valence-corrected chi connectivity index (χ4v) is 1.56. The van der Waals surface area contributed by atoms with Crippen molar-refractivity contribution in [2.24, 2.45) is 0 Å². The lowest BCUT2D eigenvalue weighted by Crippen LogP contribution is -2.51. The average molecular weight is 205 g/mol. The third-order valence-corrected chi connectivity index (χ3v) is 2.68. The predicted octanol–water partition coefficient (Wildman–Crippen LogP) is 1.76. The molecule has 3 heteroatoms. The van der Waals surface area contributed by atoms with Crippen LogP contribution in [0.15, 0.2) is 18.3 Å². The number of nitrogens with zero attached hydrogens (tertiary/aromatic N) is 1. The molecule has 15 heavy (non-hydrogen) atoms. The van der Waals surface area contributed by atoms with Gasteiger partial charge in [-0.05, 0) is 12.1 Å². The van der Waals surface area contributed by atoms with E-state index in [9.17, 15) is 0 Å². The number of hydrogen-bond donors (Lipinski definition) is 2. The Bertz CT molecular complexity index is 337. The van der Waals surface area contributed by atoms with Gasteiger partial charge in [-0.25, -0.2) is 0 Å². The molecule has 0 radical (unpaired) electrons. The molecule has 0 unspecified atom stereocenters. The second-order valence-electron chi connectivity index (χ2n) is 5.18. The molecule has 0 atom stereocenters.